The normalized spacial score (nSPS) is 15.0. The maximum atomic E-state index is 13.2. The quantitative estimate of drug-likeness (QED) is 0.698. The molecule has 3 rings (SSSR count). The van der Waals surface area contributed by atoms with Crippen molar-refractivity contribution in [1.29, 1.82) is 0 Å². The molecular weight excluding hydrogens is 383 g/mol. The van der Waals surface area contributed by atoms with Crippen molar-refractivity contribution in [3.63, 3.8) is 0 Å². The Morgan fingerprint density at radius 2 is 1.63 bits per heavy atom. The van der Waals surface area contributed by atoms with Gasteiger partial charge in [0.05, 0.1) is 13.0 Å². The molecule has 0 radical (unpaired) electrons. The van der Waals surface area contributed by atoms with Gasteiger partial charge in [0.25, 0.3) is 0 Å². The SMILES string of the molecule is CCN1CCN(Cc2ccc(NC(=O)CNC(=O)Cc3cccc(F)c3)cc2)CC1. The number of hydrogen-bond acceptors (Lipinski definition) is 4. The Kier molecular flexibility index (Phi) is 7.93. The van der Waals surface area contributed by atoms with Crippen molar-refractivity contribution < 1.29 is 14.0 Å². The second-order valence-electron chi connectivity index (χ2n) is 7.54. The van der Waals surface area contributed by atoms with Crippen LogP contribution in [0.15, 0.2) is 48.5 Å². The van der Waals surface area contributed by atoms with Crippen LogP contribution in [0.4, 0.5) is 10.1 Å². The summed E-state index contributed by atoms with van der Waals surface area (Å²) in [5, 5.41) is 5.34. The van der Waals surface area contributed by atoms with Crippen molar-refractivity contribution >= 4 is 17.5 Å². The van der Waals surface area contributed by atoms with Gasteiger partial charge < -0.3 is 15.5 Å². The van der Waals surface area contributed by atoms with Crippen LogP contribution in [0.2, 0.25) is 0 Å². The van der Waals surface area contributed by atoms with Crippen LogP contribution in [0.1, 0.15) is 18.1 Å². The maximum Gasteiger partial charge on any atom is 0.243 e. The molecule has 1 aliphatic heterocycles. The number of carbonyl (C=O) groups excluding carboxylic acids is 2. The predicted octanol–water partition coefficient (Wildman–Crippen LogP) is 2.26. The molecule has 0 aromatic heterocycles. The summed E-state index contributed by atoms with van der Waals surface area (Å²) in [4.78, 5) is 28.9. The van der Waals surface area contributed by atoms with Gasteiger partial charge >= 0.3 is 0 Å². The minimum absolute atomic E-state index is 0.0340. The van der Waals surface area contributed by atoms with Gasteiger partial charge in [0.2, 0.25) is 11.8 Å². The van der Waals surface area contributed by atoms with Gasteiger partial charge in [0.15, 0.2) is 0 Å². The first-order valence-corrected chi connectivity index (χ1v) is 10.4. The molecule has 2 N–H and O–H groups in total. The molecule has 1 fully saturated rings. The maximum absolute atomic E-state index is 13.2. The summed E-state index contributed by atoms with van der Waals surface area (Å²) < 4.78 is 13.2. The van der Waals surface area contributed by atoms with E-state index in [0.717, 1.165) is 39.3 Å². The molecule has 0 spiro atoms. The van der Waals surface area contributed by atoms with E-state index in [-0.39, 0.29) is 30.6 Å². The second kappa shape index (κ2) is 10.8. The third-order valence-corrected chi connectivity index (χ3v) is 5.26. The van der Waals surface area contributed by atoms with Gasteiger partial charge in [0.1, 0.15) is 5.82 Å². The minimum atomic E-state index is -0.385. The van der Waals surface area contributed by atoms with Crippen LogP contribution in [-0.4, -0.2) is 60.9 Å². The van der Waals surface area contributed by atoms with Gasteiger partial charge in [-0.1, -0.05) is 31.2 Å². The van der Waals surface area contributed by atoms with E-state index in [1.807, 2.05) is 24.3 Å². The van der Waals surface area contributed by atoms with Gasteiger partial charge in [-0.05, 0) is 41.9 Å². The Hall–Kier alpha value is -2.77. The molecule has 0 unspecified atom stereocenters. The molecule has 1 aliphatic rings. The van der Waals surface area contributed by atoms with Gasteiger partial charge in [-0.15, -0.1) is 0 Å². The lowest BCUT2D eigenvalue weighted by molar-refractivity contribution is -0.123. The van der Waals surface area contributed by atoms with Crippen molar-refractivity contribution in [2.24, 2.45) is 0 Å². The number of carbonyl (C=O) groups is 2. The van der Waals surface area contributed by atoms with Gasteiger partial charge in [-0.2, -0.15) is 0 Å². The zero-order chi connectivity index (χ0) is 21.3. The number of anilines is 1. The van der Waals surface area contributed by atoms with E-state index >= 15 is 0 Å². The van der Waals surface area contributed by atoms with Crippen molar-refractivity contribution in [1.82, 2.24) is 15.1 Å². The molecule has 1 saturated heterocycles. The molecule has 2 aromatic rings. The molecule has 160 valence electrons. The third kappa shape index (κ3) is 6.93. The molecule has 2 aromatic carbocycles. The van der Waals surface area contributed by atoms with E-state index in [1.165, 1.54) is 17.7 Å². The van der Waals surface area contributed by atoms with E-state index < -0.39 is 0 Å². The largest absolute Gasteiger partial charge is 0.347 e. The van der Waals surface area contributed by atoms with Crippen molar-refractivity contribution in [3.8, 4) is 0 Å². The molecule has 2 amide bonds. The van der Waals surface area contributed by atoms with Crippen LogP contribution < -0.4 is 10.6 Å². The topological polar surface area (TPSA) is 64.7 Å². The van der Waals surface area contributed by atoms with E-state index in [9.17, 15) is 14.0 Å². The lowest BCUT2D eigenvalue weighted by Crippen LogP contribution is -2.45. The van der Waals surface area contributed by atoms with Crippen molar-refractivity contribution in [3.05, 3.63) is 65.5 Å². The number of rotatable bonds is 8. The number of hydrogen-bond donors (Lipinski definition) is 2. The fraction of sp³-hybridized carbons (Fsp3) is 0.391. The molecule has 7 heteroatoms. The first-order chi connectivity index (χ1) is 14.5. The number of nitrogens with one attached hydrogen (secondary N) is 2. The average molecular weight is 413 g/mol. The molecule has 1 heterocycles. The Labute approximate surface area is 177 Å². The van der Waals surface area contributed by atoms with Crippen LogP contribution in [0.5, 0.6) is 0 Å². The van der Waals surface area contributed by atoms with E-state index in [1.54, 1.807) is 12.1 Å². The van der Waals surface area contributed by atoms with Crippen molar-refractivity contribution in [2.45, 2.75) is 19.9 Å². The zero-order valence-electron chi connectivity index (χ0n) is 17.4. The lowest BCUT2D eigenvalue weighted by Gasteiger charge is -2.34. The Morgan fingerprint density at radius 1 is 0.933 bits per heavy atom. The fourth-order valence-electron chi connectivity index (χ4n) is 3.49. The first kappa shape index (κ1) is 21.9. The Balaban J connectivity index is 1.39. The van der Waals surface area contributed by atoms with E-state index in [0.29, 0.717) is 11.3 Å². The molecule has 0 saturated carbocycles. The molecule has 0 bridgehead atoms. The second-order valence-corrected chi connectivity index (χ2v) is 7.54. The highest BCUT2D eigenvalue weighted by molar-refractivity contribution is 5.94. The van der Waals surface area contributed by atoms with Gasteiger partial charge in [0, 0.05) is 38.4 Å². The summed E-state index contributed by atoms with van der Waals surface area (Å²) in [6.07, 6.45) is 0.0340. The number of benzene rings is 2. The molecule has 0 aliphatic carbocycles. The highest BCUT2D eigenvalue weighted by Crippen LogP contribution is 2.13. The molecule has 6 nitrogen and oxygen atoms in total. The zero-order valence-corrected chi connectivity index (χ0v) is 17.4. The van der Waals surface area contributed by atoms with Crippen LogP contribution in [0.25, 0.3) is 0 Å². The molecule has 0 atom stereocenters. The van der Waals surface area contributed by atoms with Crippen LogP contribution in [0, 0.1) is 5.82 Å². The van der Waals surface area contributed by atoms with Crippen LogP contribution in [0.3, 0.4) is 0 Å². The first-order valence-electron chi connectivity index (χ1n) is 10.4. The molecule has 30 heavy (non-hydrogen) atoms. The summed E-state index contributed by atoms with van der Waals surface area (Å²) in [7, 11) is 0. The number of nitrogens with zero attached hydrogens (tertiary/aromatic N) is 2. The monoisotopic (exact) mass is 412 g/mol. The number of amides is 2. The molecular formula is C23H29FN4O2. The lowest BCUT2D eigenvalue weighted by atomic mass is 10.1. The number of piperazine rings is 1. The Morgan fingerprint density at radius 3 is 2.30 bits per heavy atom. The fourth-order valence-corrected chi connectivity index (χ4v) is 3.49. The van der Waals surface area contributed by atoms with Crippen LogP contribution in [-0.2, 0) is 22.6 Å². The van der Waals surface area contributed by atoms with Gasteiger partial charge in [-0.3, -0.25) is 14.5 Å². The summed E-state index contributed by atoms with van der Waals surface area (Å²) in [5.41, 5.74) is 2.47. The van der Waals surface area contributed by atoms with E-state index in [2.05, 4.69) is 27.4 Å². The average Bonchev–Trinajstić information content (AvgIpc) is 2.74. The third-order valence-electron chi connectivity index (χ3n) is 5.26. The standard InChI is InChI=1S/C23H29FN4O2/c1-2-27-10-12-28(13-11-27)17-18-6-8-21(9-7-18)26-23(30)16-25-22(29)15-19-4-3-5-20(24)14-19/h3-9,14H,2,10-13,15-17H2,1H3,(H,25,29)(H,26,30). The highest BCUT2D eigenvalue weighted by atomic mass is 19.1. The summed E-state index contributed by atoms with van der Waals surface area (Å²) >= 11 is 0. The summed E-state index contributed by atoms with van der Waals surface area (Å²) in [6.45, 7) is 8.43. The highest BCUT2D eigenvalue weighted by Gasteiger charge is 2.15. The predicted molar refractivity (Wildman–Crippen MR) is 116 cm³/mol. The van der Waals surface area contributed by atoms with Gasteiger partial charge in [-0.25, -0.2) is 4.39 Å². The van der Waals surface area contributed by atoms with E-state index in [4.69, 9.17) is 0 Å². The Bertz CT molecular complexity index is 849. The smallest absolute Gasteiger partial charge is 0.243 e. The summed E-state index contributed by atoms with van der Waals surface area (Å²) in [6, 6.07) is 13.7. The van der Waals surface area contributed by atoms with Crippen molar-refractivity contribution in [2.75, 3.05) is 44.6 Å². The number of halogens is 1. The summed E-state index contributed by atoms with van der Waals surface area (Å²) in [5.74, 6) is -1.01. The van der Waals surface area contributed by atoms with Crippen LogP contribution >= 0.6 is 0 Å². The number of likely N-dealkylation sites (N-methyl/N-ethyl adjacent to an activating group) is 1. The minimum Gasteiger partial charge on any atom is -0.347 e.